The van der Waals surface area contributed by atoms with Crippen LogP contribution < -0.4 is 11.1 Å². The highest BCUT2D eigenvalue weighted by Crippen LogP contribution is 2.09. The molecule has 0 saturated heterocycles. The van der Waals surface area contributed by atoms with Crippen LogP contribution in [-0.2, 0) is 11.3 Å². The number of hydrogen-bond acceptors (Lipinski definition) is 4. The highest BCUT2D eigenvalue weighted by molar-refractivity contribution is 5.67. The Kier molecular flexibility index (Phi) is 6.77. The Hall–Kier alpha value is -1.66. The van der Waals surface area contributed by atoms with Gasteiger partial charge in [-0.2, -0.15) is 0 Å². The van der Waals surface area contributed by atoms with Gasteiger partial charge in [0, 0.05) is 25.7 Å². The maximum absolute atomic E-state index is 13.2. The number of nitrogens with two attached hydrogens (primary N) is 1. The second kappa shape index (κ2) is 8.10. The summed E-state index contributed by atoms with van der Waals surface area (Å²) in [4.78, 5) is 13.6. The van der Waals surface area contributed by atoms with E-state index < -0.39 is 11.7 Å². The first kappa shape index (κ1) is 18.4. The molecular formula is C16H26FN3O2. The molecule has 0 bridgehead atoms. The van der Waals surface area contributed by atoms with Crippen LogP contribution in [0, 0.1) is 5.82 Å². The quantitative estimate of drug-likeness (QED) is 0.844. The van der Waals surface area contributed by atoms with Crippen molar-refractivity contribution in [2.24, 2.45) is 5.73 Å². The van der Waals surface area contributed by atoms with Crippen molar-refractivity contribution >= 4 is 6.09 Å². The van der Waals surface area contributed by atoms with Crippen molar-refractivity contribution < 1.29 is 13.9 Å². The summed E-state index contributed by atoms with van der Waals surface area (Å²) in [6, 6.07) is 6.37. The number of nitrogens with one attached hydrogen (secondary N) is 1. The Morgan fingerprint density at radius 2 is 2.14 bits per heavy atom. The van der Waals surface area contributed by atoms with Crippen LogP contribution in [0.25, 0.3) is 0 Å². The van der Waals surface area contributed by atoms with Gasteiger partial charge >= 0.3 is 6.09 Å². The molecule has 0 aliphatic rings. The van der Waals surface area contributed by atoms with Crippen LogP contribution in [0.2, 0.25) is 0 Å². The normalized spacial score (nSPS) is 13.0. The second-order valence-electron chi connectivity index (χ2n) is 6.32. The topological polar surface area (TPSA) is 67.6 Å². The van der Waals surface area contributed by atoms with E-state index in [1.54, 1.807) is 6.07 Å². The summed E-state index contributed by atoms with van der Waals surface area (Å²) in [7, 11) is 1.89. The fourth-order valence-electron chi connectivity index (χ4n) is 1.99. The van der Waals surface area contributed by atoms with Gasteiger partial charge in [-0.3, -0.25) is 4.90 Å². The molecule has 0 radical (unpaired) electrons. The molecule has 124 valence electrons. The third-order valence-corrected chi connectivity index (χ3v) is 3.10. The number of ether oxygens (including phenoxy) is 1. The lowest BCUT2D eigenvalue weighted by molar-refractivity contribution is 0.0511. The third-order valence-electron chi connectivity index (χ3n) is 3.10. The molecule has 1 amide bonds. The molecule has 1 rings (SSSR count). The molecule has 22 heavy (non-hydrogen) atoms. The molecule has 0 aliphatic heterocycles. The summed E-state index contributed by atoms with van der Waals surface area (Å²) in [5.74, 6) is -0.262. The first-order valence-electron chi connectivity index (χ1n) is 7.33. The van der Waals surface area contributed by atoms with Gasteiger partial charge in [-0.1, -0.05) is 12.1 Å². The lowest BCUT2D eigenvalue weighted by atomic mass is 10.1. The summed E-state index contributed by atoms with van der Waals surface area (Å²) in [6.07, 6.45) is -0.467. The minimum Gasteiger partial charge on any atom is -0.444 e. The number of benzene rings is 1. The summed E-state index contributed by atoms with van der Waals surface area (Å²) in [5.41, 5.74) is 6.09. The van der Waals surface area contributed by atoms with Gasteiger partial charge in [0.05, 0.1) is 0 Å². The maximum Gasteiger partial charge on any atom is 0.407 e. The van der Waals surface area contributed by atoms with Crippen LogP contribution in [0.1, 0.15) is 26.3 Å². The van der Waals surface area contributed by atoms with Crippen molar-refractivity contribution in [3.05, 3.63) is 35.6 Å². The van der Waals surface area contributed by atoms with E-state index in [1.807, 2.05) is 38.8 Å². The summed E-state index contributed by atoms with van der Waals surface area (Å²) < 4.78 is 18.4. The van der Waals surface area contributed by atoms with E-state index in [0.717, 1.165) is 5.56 Å². The summed E-state index contributed by atoms with van der Waals surface area (Å²) in [6.45, 7) is 6.73. The number of carbonyl (C=O) groups is 1. The summed E-state index contributed by atoms with van der Waals surface area (Å²) >= 11 is 0. The van der Waals surface area contributed by atoms with Gasteiger partial charge in [0.15, 0.2) is 0 Å². The van der Waals surface area contributed by atoms with Gasteiger partial charge in [0.1, 0.15) is 11.4 Å². The number of alkyl carbamates (subject to hydrolysis) is 1. The first-order chi connectivity index (χ1) is 10.2. The molecule has 0 saturated carbocycles. The van der Waals surface area contributed by atoms with Crippen LogP contribution in [0.15, 0.2) is 24.3 Å². The minimum absolute atomic E-state index is 0.0595. The molecule has 3 N–H and O–H groups in total. The molecule has 1 atom stereocenters. The molecule has 0 aliphatic carbocycles. The SMILES string of the molecule is CN(Cc1cccc(F)c1)C(CN)CNC(=O)OC(C)(C)C. The number of carbonyl (C=O) groups excluding carboxylic acids is 1. The Morgan fingerprint density at radius 3 is 2.68 bits per heavy atom. The van der Waals surface area contributed by atoms with Crippen molar-refractivity contribution in [2.75, 3.05) is 20.1 Å². The third kappa shape index (κ3) is 6.87. The van der Waals surface area contributed by atoms with Gasteiger partial charge in [-0.15, -0.1) is 0 Å². The predicted molar refractivity (Wildman–Crippen MR) is 84.9 cm³/mol. The highest BCUT2D eigenvalue weighted by atomic mass is 19.1. The largest absolute Gasteiger partial charge is 0.444 e. The van der Waals surface area contributed by atoms with Crippen molar-refractivity contribution in [1.29, 1.82) is 0 Å². The smallest absolute Gasteiger partial charge is 0.407 e. The fraction of sp³-hybridized carbons (Fsp3) is 0.562. The molecular weight excluding hydrogens is 285 g/mol. The van der Waals surface area contributed by atoms with E-state index in [2.05, 4.69) is 5.32 Å². The van der Waals surface area contributed by atoms with Crippen molar-refractivity contribution in [1.82, 2.24) is 10.2 Å². The van der Waals surface area contributed by atoms with Gasteiger partial charge in [-0.05, 0) is 45.5 Å². The molecule has 1 unspecified atom stereocenters. The minimum atomic E-state index is -0.532. The van der Waals surface area contributed by atoms with Crippen LogP contribution in [-0.4, -0.2) is 42.8 Å². The van der Waals surface area contributed by atoms with Gasteiger partial charge in [0.25, 0.3) is 0 Å². The van der Waals surface area contributed by atoms with E-state index in [0.29, 0.717) is 19.6 Å². The number of halogens is 1. The van der Waals surface area contributed by atoms with Crippen LogP contribution in [0.4, 0.5) is 9.18 Å². The zero-order chi connectivity index (χ0) is 16.8. The number of nitrogens with zero attached hydrogens (tertiary/aromatic N) is 1. The van der Waals surface area contributed by atoms with Gasteiger partial charge in [0.2, 0.25) is 0 Å². The van der Waals surface area contributed by atoms with Gasteiger partial charge < -0.3 is 15.8 Å². The zero-order valence-corrected chi connectivity index (χ0v) is 13.7. The number of rotatable bonds is 6. The van der Waals surface area contributed by atoms with Crippen LogP contribution in [0.5, 0.6) is 0 Å². The Balaban J connectivity index is 2.51. The van der Waals surface area contributed by atoms with Crippen LogP contribution >= 0.6 is 0 Å². The van der Waals surface area contributed by atoms with Crippen LogP contribution in [0.3, 0.4) is 0 Å². The molecule has 5 nitrogen and oxygen atoms in total. The monoisotopic (exact) mass is 311 g/mol. The van der Waals surface area contributed by atoms with Crippen molar-refractivity contribution in [2.45, 2.75) is 39.0 Å². The number of hydrogen-bond donors (Lipinski definition) is 2. The van der Waals surface area contributed by atoms with Gasteiger partial charge in [-0.25, -0.2) is 9.18 Å². The standard InChI is InChI=1S/C16H26FN3O2/c1-16(2,3)22-15(21)19-10-14(9-18)20(4)11-12-6-5-7-13(17)8-12/h5-8,14H,9-11,18H2,1-4H3,(H,19,21). The first-order valence-corrected chi connectivity index (χ1v) is 7.33. The lowest BCUT2D eigenvalue weighted by Crippen LogP contribution is -2.47. The maximum atomic E-state index is 13.2. The van der Waals surface area contributed by atoms with E-state index in [1.165, 1.54) is 12.1 Å². The van der Waals surface area contributed by atoms with Crippen molar-refractivity contribution in [3.63, 3.8) is 0 Å². The van der Waals surface area contributed by atoms with E-state index in [4.69, 9.17) is 10.5 Å². The number of likely N-dealkylation sites (N-methyl/N-ethyl adjacent to an activating group) is 1. The second-order valence-corrected chi connectivity index (χ2v) is 6.32. The highest BCUT2D eigenvalue weighted by Gasteiger charge is 2.19. The fourth-order valence-corrected chi connectivity index (χ4v) is 1.99. The molecule has 1 aromatic rings. The molecule has 6 heteroatoms. The Labute approximate surface area is 131 Å². The Bertz CT molecular complexity index is 489. The van der Waals surface area contributed by atoms with E-state index >= 15 is 0 Å². The molecule has 0 heterocycles. The molecule has 0 aromatic heterocycles. The predicted octanol–water partition coefficient (Wildman–Crippen LogP) is 2.11. The average molecular weight is 311 g/mol. The van der Waals surface area contributed by atoms with Crippen molar-refractivity contribution in [3.8, 4) is 0 Å². The van der Waals surface area contributed by atoms with E-state index in [-0.39, 0.29) is 11.9 Å². The summed E-state index contributed by atoms with van der Waals surface area (Å²) in [5, 5.41) is 2.71. The zero-order valence-electron chi connectivity index (χ0n) is 13.7. The number of amides is 1. The molecule has 1 aromatic carbocycles. The van der Waals surface area contributed by atoms with E-state index in [9.17, 15) is 9.18 Å². The molecule has 0 fully saturated rings. The Morgan fingerprint density at radius 1 is 1.45 bits per heavy atom. The molecule has 0 spiro atoms. The lowest BCUT2D eigenvalue weighted by Gasteiger charge is -2.28. The average Bonchev–Trinajstić information content (AvgIpc) is 2.37.